The number of aryl methyl sites for hydroxylation is 3. The van der Waals surface area contributed by atoms with Crippen molar-refractivity contribution in [3.05, 3.63) is 129 Å². The number of nitrogens with one attached hydrogen (secondary N) is 1. The Morgan fingerprint density at radius 2 is 1.55 bits per heavy atom. The highest BCUT2D eigenvalue weighted by atomic mass is 35.5. The molecule has 0 aromatic heterocycles. The van der Waals surface area contributed by atoms with Gasteiger partial charge in [-0.2, -0.15) is 0 Å². The van der Waals surface area contributed by atoms with E-state index in [4.69, 9.17) is 23.2 Å². The van der Waals surface area contributed by atoms with Crippen LogP contribution in [0, 0.1) is 20.8 Å². The van der Waals surface area contributed by atoms with E-state index >= 15 is 0 Å². The van der Waals surface area contributed by atoms with Crippen LogP contribution >= 0.6 is 23.2 Å². The molecule has 0 saturated carbocycles. The average molecular weight is 695 g/mol. The van der Waals surface area contributed by atoms with Gasteiger partial charge in [-0.25, -0.2) is 8.42 Å². The lowest BCUT2D eigenvalue weighted by molar-refractivity contribution is -0.140. The van der Waals surface area contributed by atoms with Crippen LogP contribution in [0.15, 0.2) is 95.9 Å². The summed E-state index contributed by atoms with van der Waals surface area (Å²) in [6.07, 6.45) is 1.87. The topological polar surface area (TPSA) is 86.8 Å². The van der Waals surface area contributed by atoms with Crippen molar-refractivity contribution in [1.82, 2.24) is 10.2 Å². The Bertz CT molecular complexity index is 1800. The molecule has 0 unspecified atom stereocenters. The van der Waals surface area contributed by atoms with Crippen LogP contribution in [0.25, 0.3) is 0 Å². The van der Waals surface area contributed by atoms with Gasteiger partial charge in [-0.3, -0.25) is 13.9 Å². The van der Waals surface area contributed by atoms with E-state index < -0.39 is 28.5 Å². The number of carbonyl (C=O) groups excluding carboxylic acids is 2. The van der Waals surface area contributed by atoms with Crippen molar-refractivity contribution in [3.63, 3.8) is 0 Å². The van der Waals surface area contributed by atoms with Crippen molar-refractivity contribution >= 4 is 50.7 Å². The van der Waals surface area contributed by atoms with Crippen molar-refractivity contribution in [2.45, 2.75) is 64.4 Å². The van der Waals surface area contributed by atoms with E-state index in [0.29, 0.717) is 27.8 Å². The maximum Gasteiger partial charge on any atom is 0.264 e. The Hall–Kier alpha value is -3.85. The van der Waals surface area contributed by atoms with E-state index in [1.165, 1.54) is 17.0 Å². The van der Waals surface area contributed by atoms with Crippen molar-refractivity contribution in [1.29, 1.82) is 0 Å². The summed E-state index contributed by atoms with van der Waals surface area (Å²) in [7, 11) is -4.20. The zero-order valence-corrected chi connectivity index (χ0v) is 29.5. The molecule has 2 amide bonds. The standard InChI is InChI=1S/C37H41Cl2N3O4S/c1-5-6-20-40-37(44)35(22-29-10-8-7-9-11-29)41(24-30-15-16-31(38)23-34(30)39)36(43)25-42(32-17-14-27(3)28(4)21-32)47(45,46)33-18-12-26(2)13-19-33/h7-19,21,23,35H,5-6,20,22,24-25H2,1-4H3,(H,40,44)/t35-/m1/s1. The summed E-state index contributed by atoms with van der Waals surface area (Å²) in [6.45, 7) is 7.59. The lowest BCUT2D eigenvalue weighted by Gasteiger charge is -2.34. The zero-order chi connectivity index (χ0) is 34.1. The van der Waals surface area contributed by atoms with E-state index in [1.54, 1.807) is 42.5 Å². The van der Waals surface area contributed by atoms with Crippen LogP contribution in [-0.4, -0.2) is 44.3 Å². The number of sulfonamides is 1. The highest BCUT2D eigenvalue weighted by molar-refractivity contribution is 7.92. The number of anilines is 1. The third-order valence-corrected chi connectivity index (χ3v) is 10.5. The van der Waals surface area contributed by atoms with Gasteiger partial charge in [-0.15, -0.1) is 0 Å². The summed E-state index contributed by atoms with van der Waals surface area (Å²) in [5, 5.41) is 3.75. The van der Waals surface area contributed by atoms with E-state index in [2.05, 4.69) is 5.32 Å². The molecule has 4 rings (SSSR count). The van der Waals surface area contributed by atoms with Crippen LogP contribution in [0.2, 0.25) is 10.0 Å². The first-order chi connectivity index (χ1) is 22.4. The van der Waals surface area contributed by atoms with Gasteiger partial charge < -0.3 is 10.2 Å². The fourth-order valence-corrected chi connectivity index (χ4v) is 7.01. The second-order valence-electron chi connectivity index (χ2n) is 11.7. The number of benzene rings is 4. The molecule has 7 nitrogen and oxygen atoms in total. The molecule has 0 fully saturated rings. The minimum atomic E-state index is -4.20. The van der Waals surface area contributed by atoms with Gasteiger partial charge in [0.05, 0.1) is 10.6 Å². The SMILES string of the molecule is CCCCNC(=O)[C@@H](Cc1ccccc1)N(Cc1ccc(Cl)cc1Cl)C(=O)CN(c1ccc(C)c(C)c1)S(=O)(=O)c1ccc(C)cc1. The van der Waals surface area contributed by atoms with Crippen molar-refractivity contribution in [2.75, 3.05) is 17.4 Å². The smallest absolute Gasteiger partial charge is 0.264 e. The quantitative estimate of drug-likeness (QED) is 0.137. The Morgan fingerprint density at radius 1 is 0.851 bits per heavy atom. The molecule has 47 heavy (non-hydrogen) atoms. The molecule has 4 aromatic carbocycles. The highest BCUT2D eigenvalue weighted by Crippen LogP contribution is 2.28. The van der Waals surface area contributed by atoms with E-state index in [0.717, 1.165) is 39.4 Å². The number of hydrogen-bond donors (Lipinski definition) is 1. The molecule has 0 saturated heterocycles. The number of rotatable bonds is 14. The van der Waals surface area contributed by atoms with Crippen LogP contribution in [-0.2, 0) is 32.6 Å². The Kier molecular flexibility index (Phi) is 12.5. The highest BCUT2D eigenvalue weighted by Gasteiger charge is 2.35. The van der Waals surface area contributed by atoms with Crippen LogP contribution in [0.1, 0.15) is 47.6 Å². The third kappa shape index (κ3) is 9.37. The number of carbonyl (C=O) groups is 2. The fraction of sp³-hybridized carbons (Fsp3) is 0.297. The van der Waals surface area contributed by atoms with Crippen molar-refractivity contribution in [3.8, 4) is 0 Å². The zero-order valence-electron chi connectivity index (χ0n) is 27.2. The first-order valence-corrected chi connectivity index (χ1v) is 17.8. The van der Waals surface area contributed by atoms with Gasteiger partial charge in [0, 0.05) is 29.6 Å². The molecule has 1 N–H and O–H groups in total. The number of amides is 2. The largest absolute Gasteiger partial charge is 0.354 e. The summed E-state index contributed by atoms with van der Waals surface area (Å²) >= 11 is 12.8. The summed E-state index contributed by atoms with van der Waals surface area (Å²) in [4.78, 5) is 30.0. The Labute approximate surface area is 288 Å². The summed E-state index contributed by atoms with van der Waals surface area (Å²) in [5.41, 5.74) is 4.53. The van der Waals surface area contributed by atoms with Gasteiger partial charge in [0.25, 0.3) is 10.0 Å². The Balaban J connectivity index is 1.83. The lowest BCUT2D eigenvalue weighted by atomic mass is 10.0. The van der Waals surface area contributed by atoms with Gasteiger partial charge in [-0.1, -0.05) is 96.7 Å². The number of nitrogens with zero attached hydrogens (tertiary/aromatic N) is 2. The van der Waals surface area contributed by atoms with Gasteiger partial charge in [0.2, 0.25) is 11.8 Å². The lowest BCUT2D eigenvalue weighted by Crippen LogP contribution is -2.53. The minimum Gasteiger partial charge on any atom is -0.354 e. The molecule has 0 radical (unpaired) electrons. The van der Waals surface area contributed by atoms with Crippen LogP contribution in [0.5, 0.6) is 0 Å². The molecule has 0 aliphatic heterocycles. The number of unbranched alkanes of at least 4 members (excludes halogenated alkanes) is 1. The monoisotopic (exact) mass is 693 g/mol. The van der Waals surface area contributed by atoms with E-state index in [1.807, 2.05) is 64.1 Å². The molecule has 0 bridgehead atoms. The fourth-order valence-electron chi connectivity index (χ4n) is 5.14. The molecule has 248 valence electrons. The molecule has 0 heterocycles. The normalized spacial score (nSPS) is 12.0. The first kappa shape index (κ1) is 36.0. The maximum absolute atomic E-state index is 14.6. The van der Waals surface area contributed by atoms with Crippen LogP contribution in [0.3, 0.4) is 0 Å². The molecule has 4 aromatic rings. The summed E-state index contributed by atoms with van der Waals surface area (Å²) < 4.78 is 29.6. The van der Waals surface area contributed by atoms with Crippen molar-refractivity contribution in [2.24, 2.45) is 0 Å². The molecule has 10 heteroatoms. The third-order valence-electron chi connectivity index (χ3n) is 8.12. The molecule has 0 aliphatic rings. The molecule has 0 spiro atoms. The molecule has 0 aliphatic carbocycles. The maximum atomic E-state index is 14.6. The predicted octanol–water partition coefficient (Wildman–Crippen LogP) is 7.67. The van der Waals surface area contributed by atoms with Gasteiger partial charge in [0.1, 0.15) is 12.6 Å². The second kappa shape index (κ2) is 16.3. The van der Waals surface area contributed by atoms with Crippen LogP contribution in [0.4, 0.5) is 5.69 Å². The van der Waals surface area contributed by atoms with Crippen molar-refractivity contribution < 1.29 is 18.0 Å². The average Bonchev–Trinajstić information content (AvgIpc) is 3.04. The first-order valence-electron chi connectivity index (χ1n) is 15.6. The van der Waals surface area contributed by atoms with Gasteiger partial charge in [0.15, 0.2) is 0 Å². The number of hydrogen-bond acceptors (Lipinski definition) is 4. The predicted molar refractivity (Wildman–Crippen MR) is 190 cm³/mol. The summed E-state index contributed by atoms with van der Waals surface area (Å²) in [5.74, 6) is -0.892. The Morgan fingerprint density at radius 3 is 2.19 bits per heavy atom. The van der Waals surface area contributed by atoms with E-state index in [-0.39, 0.29) is 23.8 Å². The minimum absolute atomic E-state index is 0.0428. The summed E-state index contributed by atoms with van der Waals surface area (Å²) in [6, 6.07) is 25.2. The second-order valence-corrected chi connectivity index (χ2v) is 14.4. The van der Waals surface area contributed by atoms with Crippen LogP contribution < -0.4 is 9.62 Å². The number of halogens is 2. The van der Waals surface area contributed by atoms with Gasteiger partial charge in [-0.05, 0) is 85.8 Å². The molecule has 1 atom stereocenters. The molecular formula is C37H41Cl2N3O4S. The van der Waals surface area contributed by atoms with Gasteiger partial charge >= 0.3 is 0 Å². The molecular weight excluding hydrogens is 653 g/mol. The van der Waals surface area contributed by atoms with E-state index in [9.17, 15) is 18.0 Å².